The number of rotatable bonds is 56. The summed E-state index contributed by atoms with van der Waals surface area (Å²) in [5.74, 6) is 3.78. The fourth-order valence-corrected chi connectivity index (χ4v) is 8.71. The van der Waals surface area contributed by atoms with E-state index in [4.69, 9.17) is 33.2 Å². The fraction of sp³-hybridized carbons (Fsp3) is 0.933. The van der Waals surface area contributed by atoms with Crippen LogP contribution < -0.4 is 0 Å². The molecule has 0 aromatic carbocycles. The van der Waals surface area contributed by atoms with Crippen LogP contribution in [0.4, 0.5) is 0 Å². The van der Waals surface area contributed by atoms with E-state index in [0.29, 0.717) is 13.2 Å². The Morgan fingerprint density at radius 1 is 0.269 bits per heavy atom. The molecule has 0 heterocycles. The molecule has 0 radical (unpaired) electrons. The third-order valence-corrected chi connectivity index (χ3v) is 13.2. The van der Waals surface area contributed by atoms with Gasteiger partial charge in [0.1, 0.15) is 23.7 Å². The predicted molar refractivity (Wildman–Crippen MR) is 288 cm³/mol. The Kier molecular flexibility index (Phi) is 52.7. The largest absolute Gasteiger partial charge is 0.494 e. The van der Waals surface area contributed by atoms with Crippen molar-refractivity contribution in [1.29, 1.82) is 0 Å². The van der Waals surface area contributed by atoms with E-state index < -0.39 is 0 Å². The van der Waals surface area contributed by atoms with Gasteiger partial charge in [-0.2, -0.15) is 0 Å². The minimum Gasteiger partial charge on any atom is -0.494 e. The highest BCUT2D eigenvalue weighted by molar-refractivity contribution is 5.09. The highest BCUT2D eigenvalue weighted by Crippen LogP contribution is 2.27. The van der Waals surface area contributed by atoms with Crippen molar-refractivity contribution in [2.75, 3.05) is 40.0 Å². The first kappa shape index (κ1) is 65.6. The van der Waals surface area contributed by atoms with E-state index in [1.165, 1.54) is 193 Å². The van der Waals surface area contributed by atoms with Crippen LogP contribution in [-0.2, 0) is 33.2 Å². The lowest BCUT2D eigenvalue weighted by molar-refractivity contribution is -0.166. The van der Waals surface area contributed by atoms with Gasteiger partial charge in [-0.15, -0.1) is 0 Å². The molecule has 0 saturated heterocycles. The van der Waals surface area contributed by atoms with Crippen LogP contribution >= 0.6 is 0 Å². The van der Waals surface area contributed by atoms with Crippen molar-refractivity contribution in [3.8, 4) is 0 Å². The third-order valence-electron chi connectivity index (χ3n) is 13.2. The van der Waals surface area contributed by atoms with E-state index in [0.717, 1.165) is 100 Å². The summed E-state index contributed by atoms with van der Waals surface area (Å²) in [5.41, 5.74) is 0. The van der Waals surface area contributed by atoms with Gasteiger partial charge >= 0.3 is 0 Å². The molecular formula is C60H118O7. The Bertz CT molecular complexity index is 963. The maximum atomic E-state index is 6.73. The number of unbranched alkanes of at least 4 members (excludes halogenated alkanes) is 30. The molecule has 0 saturated carbocycles. The van der Waals surface area contributed by atoms with Gasteiger partial charge in [0, 0.05) is 12.8 Å². The first-order valence-electron chi connectivity index (χ1n) is 29.9. The Balaban J connectivity index is 6.14. The van der Waals surface area contributed by atoms with Gasteiger partial charge in [0.15, 0.2) is 25.1 Å². The van der Waals surface area contributed by atoms with Crippen LogP contribution in [0.25, 0.3) is 0 Å². The molecule has 0 N–H and O–H groups in total. The fourth-order valence-electron chi connectivity index (χ4n) is 8.71. The molecule has 67 heavy (non-hydrogen) atoms. The molecule has 0 rings (SSSR count). The zero-order valence-electron chi connectivity index (χ0n) is 46.5. The number of hydrogen-bond acceptors (Lipinski definition) is 7. The molecule has 2 unspecified atom stereocenters. The predicted octanol–water partition coefficient (Wildman–Crippen LogP) is 19.9. The van der Waals surface area contributed by atoms with Crippen molar-refractivity contribution in [3.05, 3.63) is 23.0 Å². The monoisotopic (exact) mass is 951 g/mol. The zero-order valence-corrected chi connectivity index (χ0v) is 46.5. The Labute approximate surface area is 419 Å². The van der Waals surface area contributed by atoms with Crippen LogP contribution in [0.3, 0.4) is 0 Å². The SMILES string of the molecule is CCCCCCCCCCC(OCCCCCCC)=C(OCCCCCCC)C(CC)OCOCOC(CC)C(OCCCCCCC)=C(CCCCCCCCCC)OCCCCCCC. The average molecular weight is 952 g/mol. The van der Waals surface area contributed by atoms with Crippen LogP contribution in [-0.4, -0.2) is 52.2 Å². The first-order chi connectivity index (χ1) is 33.1. The molecule has 0 spiro atoms. The smallest absolute Gasteiger partial charge is 0.162 e. The van der Waals surface area contributed by atoms with Gasteiger partial charge < -0.3 is 33.2 Å². The molecule has 0 amide bonds. The highest BCUT2D eigenvalue weighted by atomic mass is 16.7. The van der Waals surface area contributed by atoms with Crippen molar-refractivity contribution in [2.45, 2.75) is 324 Å². The van der Waals surface area contributed by atoms with Crippen molar-refractivity contribution in [2.24, 2.45) is 0 Å². The number of ether oxygens (including phenoxy) is 7. The van der Waals surface area contributed by atoms with Gasteiger partial charge in [-0.1, -0.05) is 248 Å². The Hall–Kier alpha value is -1.44. The van der Waals surface area contributed by atoms with Gasteiger partial charge in [-0.05, 0) is 51.4 Å². The Morgan fingerprint density at radius 3 is 0.776 bits per heavy atom. The van der Waals surface area contributed by atoms with E-state index in [-0.39, 0.29) is 25.8 Å². The van der Waals surface area contributed by atoms with Gasteiger partial charge in [0.25, 0.3) is 0 Å². The molecule has 0 aliphatic heterocycles. The van der Waals surface area contributed by atoms with Gasteiger partial charge in [0.05, 0.1) is 26.4 Å². The maximum Gasteiger partial charge on any atom is 0.162 e. The maximum absolute atomic E-state index is 6.73. The molecule has 0 aliphatic rings. The lowest BCUT2D eigenvalue weighted by atomic mass is 10.1. The van der Waals surface area contributed by atoms with E-state index >= 15 is 0 Å². The molecule has 7 heteroatoms. The second kappa shape index (κ2) is 53.9. The van der Waals surface area contributed by atoms with E-state index in [2.05, 4.69) is 55.4 Å². The van der Waals surface area contributed by atoms with Crippen LogP contribution in [0.5, 0.6) is 0 Å². The van der Waals surface area contributed by atoms with E-state index in [1.54, 1.807) is 0 Å². The second-order valence-corrected chi connectivity index (χ2v) is 19.6. The summed E-state index contributed by atoms with van der Waals surface area (Å²) in [6, 6.07) is 0. The summed E-state index contributed by atoms with van der Waals surface area (Å²) in [4.78, 5) is 0. The minimum atomic E-state index is -0.239. The van der Waals surface area contributed by atoms with E-state index in [1.807, 2.05) is 0 Å². The topological polar surface area (TPSA) is 64.6 Å². The number of hydrogen-bond donors (Lipinski definition) is 0. The lowest BCUT2D eigenvalue weighted by Gasteiger charge is -2.25. The van der Waals surface area contributed by atoms with Crippen molar-refractivity contribution < 1.29 is 33.2 Å². The lowest BCUT2D eigenvalue weighted by Crippen LogP contribution is -2.24. The molecule has 400 valence electrons. The summed E-state index contributed by atoms with van der Waals surface area (Å²) in [5, 5.41) is 0. The quantitative estimate of drug-likeness (QED) is 0.0342. The van der Waals surface area contributed by atoms with Gasteiger partial charge in [-0.25, -0.2) is 0 Å². The summed E-state index contributed by atoms with van der Waals surface area (Å²) < 4.78 is 46.2. The molecule has 7 nitrogen and oxygen atoms in total. The summed E-state index contributed by atoms with van der Waals surface area (Å²) in [6.45, 7) is 21.2. The molecule has 0 aliphatic carbocycles. The van der Waals surface area contributed by atoms with Crippen molar-refractivity contribution >= 4 is 0 Å². The molecular weight excluding hydrogens is 833 g/mol. The first-order valence-corrected chi connectivity index (χ1v) is 29.9. The van der Waals surface area contributed by atoms with E-state index in [9.17, 15) is 0 Å². The molecule has 0 fully saturated rings. The molecule has 0 aromatic heterocycles. The van der Waals surface area contributed by atoms with Crippen LogP contribution in [0.15, 0.2) is 23.0 Å². The van der Waals surface area contributed by atoms with Crippen molar-refractivity contribution in [3.63, 3.8) is 0 Å². The third kappa shape index (κ3) is 40.9. The highest BCUT2D eigenvalue weighted by Gasteiger charge is 2.24. The van der Waals surface area contributed by atoms with Crippen LogP contribution in [0.1, 0.15) is 312 Å². The van der Waals surface area contributed by atoms with Gasteiger partial charge in [0.2, 0.25) is 0 Å². The molecule has 2 atom stereocenters. The summed E-state index contributed by atoms with van der Waals surface area (Å²) >= 11 is 0. The second-order valence-electron chi connectivity index (χ2n) is 19.6. The molecule has 0 aromatic rings. The summed E-state index contributed by atoms with van der Waals surface area (Å²) in [7, 11) is 0. The average Bonchev–Trinajstić information content (AvgIpc) is 3.34. The standard InChI is InChI=1S/C60H118O7/c1-9-17-23-29-31-33-35-41-47-57(62-49-43-37-25-19-11-3)59(64-51-45-39-27-21-13-5)55(15-7)66-53-61-54-67-56(16-8)60(65-52-46-40-28-22-14-6)58(63-50-44-38-26-20-12-4)48-42-36-34-32-30-24-18-10-2/h55-56H,9-54H2,1-8H3. The molecule has 0 bridgehead atoms. The van der Waals surface area contributed by atoms with Crippen molar-refractivity contribution in [1.82, 2.24) is 0 Å². The summed E-state index contributed by atoms with van der Waals surface area (Å²) in [6.07, 6.45) is 47.7. The van der Waals surface area contributed by atoms with Gasteiger partial charge in [-0.3, -0.25) is 0 Å². The van der Waals surface area contributed by atoms with Crippen LogP contribution in [0, 0.1) is 0 Å². The number of allylic oxidation sites excluding steroid dienone is 2. The zero-order chi connectivity index (χ0) is 48.9. The minimum absolute atomic E-state index is 0.122. The van der Waals surface area contributed by atoms with Crippen LogP contribution in [0.2, 0.25) is 0 Å². The normalized spacial score (nSPS) is 13.4. The Morgan fingerprint density at radius 2 is 0.507 bits per heavy atom.